The Morgan fingerprint density at radius 3 is 2.54 bits per heavy atom. The van der Waals surface area contributed by atoms with Crippen LogP contribution in [0.5, 0.6) is 5.75 Å². The van der Waals surface area contributed by atoms with Crippen molar-refractivity contribution in [2.75, 3.05) is 19.5 Å². The number of halogens is 2. The van der Waals surface area contributed by atoms with Gasteiger partial charge < -0.3 is 14.8 Å². The highest BCUT2D eigenvalue weighted by Gasteiger charge is 2.14. The zero-order chi connectivity index (χ0) is 17.7. The Bertz CT molecular complexity index is 779. The summed E-state index contributed by atoms with van der Waals surface area (Å²) in [5, 5.41) is 2.85. The van der Waals surface area contributed by atoms with Crippen molar-refractivity contribution in [2.45, 2.75) is 6.42 Å². The van der Waals surface area contributed by atoms with E-state index in [2.05, 4.69) is 10.1 Å². The van der Waals surface area contributed by atoms with Crippen molar-refractivity contribution in [2.24, 2.45) is 0 Å². The minimum atomic E-state index is -0.562. The molecule has 0 bridgehead atoms. The van der Waals surface area contributed by atoms with Crippen LogP contribution in [-0.2, 0) is 16.0 Å². The van der Waals surface area contributed by atoms with Gasteiger partial charge in [0.05, 0.1) is 31.9 Å². The third-order valence-corrected chi connectivity index (χ3v) is 3.50. The van der Waals surface area contributed by atoms with Gasteiger partial charge >= 0.3 is 5.97 Å². The molecule has 1 amide bonds. The predicted octanol–water partition coefficient (Wildman–Crippen LogP) is 3.46. The van der Waals surface area contributed by atoms with E-state index in [4.69, 9.17) is 16.3 Å². The lowest BCUT2D eigenvalue weighted by molar-refractivity contribution is -0.115. The number of methoxy groups -OCH3 is 2. The van der Waals surface area contributed by atoms with E-state index in [0.29, 0.717) is 11.4 Å². The summed E-state index contributed by atoms with van der Waals surface area (Å²) in [5.74, 6) is -1.20. The largest absolute Gasteiger partial charge is 0.495 e. The lowest BCUT2D eigenvalue weighted by Crippen LogP contribution is -2.16. The Kier molecular flexibility index (Phi) is 5.76. The second kappa shape index (κ2) is 7.79. The Morgan fingerprint density at radius 1 is 1.17 bits per heavy atom. The van der Waals surface area contributed by atoms with Gasteiger partial charge in [-0.05, 0) is 35.9 Å². The Morgan fingerprint density at radius 2 is 1.92 bits per heavy atom. The van der Waals surface area contributed by atoms with E-state index in [9.17, 15) is 14.0 Å². The lowest BCUT2D eigenvalue weighted by Gasteiger charge is -2.12. The summed E-state index contributed by atoms with van der Waals surface area (Å²) < 4.78 is 23.5. The quantitative estimate of drug-likeness (QED) is 0.838. The molecule has 24 heavy (non-hydrogen) atoms. The van der Waals surface area contributed by atoms with Gasteiger partial charge in [0.25, 0.3) is 0 Å². The van der Waals surface area contributed by atoms with E-state index in [1.54, 1.807) is 0 Å². The molecule has 2 aromatic rings. The van der Waals surface area contributed by atoms with Gasteiger partial charge in [0.15, 0.2) is 0 Å². The molecule has 0 saturated heterocycles. The third-order valence-electron chi connectivity index (χ3n) is 3.26. The average Bonchev–Trinajstić information content (AvgIpc) is 2.56. The van der Waals surface area contributed by atoms with Crippen LogP contribution in [0.15, 0.2) is 36.4 Å². The molecule has 0 radical (unpaired) electrons. The smallest absolute Gasteiger partial charge is 0.337 e. The average molecular weight is 352 g/mol. The number of rotatable bonds is 5. The number of carbonyl (C=O) groups excluding carboxylic acids is 2. The van der Waals surface area contributed by atoms with Crippen molar-refractivity contribution in [3.05, 3.63) is 58.4 Å². The lowest BCUT2D eigenvalue weighted by atomic mass is 10.1. The van der Waals surface area contributed by atoms with E-state index >= 15 is 0 Å². The predicted molar refractivity (Wildman–Crippen MR) is 88.1 cm³/mol. The first kappa shape index (κ1) is 17.7. The van der Waals surface area contributed by atoms with Crippen LogP contribution in [0, 0.1) is 5.82 Å². The number of ether oxygens (including phenoxy) is 2. The maximum Gasteiger partial charge on any atom is 0.337 e. The fourth-order valence-electron chi connectivity index (χ4n) is 2.08. The molecular weight excluding hydrogens is 337 g/mol. The second-order valence-corrected chi connectivity index (χ2v) is 5.30. The van der Waals surface area contributed by atoms with Crippen LogP contribution in [0.2, 0.25) is 5.02 Å². The van der Waals surface area contributed by atoms with Crippen LogP contribution in [0.3, 0.4) is 0 Å². The van der Waals surface area contributed by atoms with Gasteiger partial charge in [-0.3, -0.25) is 4.79 Å². The molecule has 0 aromatic heterocycles. The zero-order valence-corrected chi connectivity index (χ0v) is 13.8. The molecule has 7 heteroatoms. The molecule has 0 aliphatic heterocycles. The summed E-state index contributed by atoms with van der Waals surface area (Å²) in [4.78, 5) is 23.7. The standard InChI is InChI=1S/C17H15ClFNO4/c1-23-15-6-4-11(17(22)24-2)7-14(15)20-16(21)8-10-3-5-12(18)9-13(10)19/h3-7,9H,8H2,1-2H3,(H,20,21). The van der Waals surface area contributed by atoms with E-state index in [1.807, 2.05) is 0 Å². The molecular formula is C17H15ClFNO4. The molecule has 1 N–H and O–H groups in total. The van der Waals surface area contributed by atoms with Crippen LogP contribution in [0.25, 0.3) is 0 Å². The number of esters is 1. The summed E-state index contributed by atoms with van der Waals surface area (Å²) >= 11 is 5.68. The number of nitrogens with one attached hydrogen (secondary N) is 1. The Labute approximate surface area is 143 Å². The number of hydrogen-bond acceptors (Lipinski definition) is 4. The van der Waals surface area contributed by atoms with Crippen molar-refractivity contribution < 1.29 is 23.5 Å². The van der Waals surface area contributed by atoms with E-state index in [-0.39, 0.29) is 22.6 Å². The van der Waals surface area contributed by atoms with Gasteiger partial charge in [-0.25, -0.2) is 9.18 Å². The van der Waals surface area contributed by atoms with Gasteiger partial charge in [0.1, 0.15) is 11.6 Å². The van der Waals surface area contributed by atoms with Gasteiger partial charge in [0.2, 0.25) is 5.91 Å². The van der Waals surface area contributed by atoms with Crippen molar-refractivity contribution in [3.63, 3.8) is 0 Å². The SMILES string of the molecule is COC(=O)c1ccc(OC)c(NC(=O)Cc2ccc(Cl)cc2F)c1. The highest BCUT2D eigenvalue weighted by Crippen LogP contribution is 2.26. The van der Waals surface area contributed by atoms with Crippen LogP contribution in [0.4, 0.5) is 10.1 Å². The molecule has 0 aliphatic rings. The molecule has 0 spiro atoms. The van der Waals surface area contributed by atoms with E-state index < -0.39 is 17.7 Å². The van der Waals surface area contributed by atoms with Crippen molar-refractivity contribution >= 4 is 29.2 Å². The van der Waals surface area contributed by atoms with Crippen LogP contribution in [0.1, 0.15) is 15.9 Å². The topological polar surface area (TPSA) is 64.6 Å². The summed E-state index contributed by atoms with van der Waals surface area (Å²) in [5.41, 5.74) is 0.756. The first-order valence-corrected chi connectivity index (χ1v) is 7.32. The maximum absolute atomic E-state index is 13.8. The van der Waals surface area contributed by atoms with Gasteiger partial charge in [-0.1, -0.05) is 17.7 Å². The second-order valence-electron chi connectivity index (χ2n) is 4.87. The molecule has 2 aromatic carbocycles. The highest BCUT2D eigenvalue weighted by atomic mass is 35.5. The van der Waals surface area contributed by atoms with Gasteiger partial charge in [0, 0.05) is 5.02 Å². The number of anilines is 1. The fourth-order valence-corrected chi connectivity index (χ4v) is 2.24. The minimum Gasteiger partial charge on any atom is -0.495 e. The molecule has 0 fully saturated rings. The Balaban J connectivity index is 2.19. The molecule has 2 rings (SSSR count). The number of benzene rings is 2. The normalized spacial score (nSPS) is 10.2. The first-order chi connectivity index (χ1) is 11.4. The summed E-state index contributed by atoms with van der Waals surface area (Å²) in [7, 11) is 2.69. The third kappa shape index (κ3) is 4.23. The van der Waals surface area contributed by atoms with Gasteiger partial charge in [-0.2, -0.15) is 0 Å². The molecule has 126 valence electrons. The molecule has 0 unspecified atom stereocenters. The van der Waals surface area contributed by atoms with Crippen LogP contribution < -0.4 is 10.1 Å². The highest BCUT2D eigenvalue weighted by molar-refractivity contribution is 6.30. The molecule has 0 atom stereocenters. The number of carbonyl (C=O) groups is 2. The van der Waals surface area contributed by atoms with Crippen molar-refractivity contribution in [1.82, 2.24) is 0 Å². The number of amides is 1. The summed E-state index contributed by atoms with van der Waals surface area (Å²) in [6.07, 6.45) is -0.186. The Hall–Kier alpha value is -2.60. The van der Waals surface area contributed by atoms with Crippen molar-refractivity contribution in [3.8, 4) is 5.75 Å². The summed E-state index contributed by atoms with van der Waals surface area (Å²) in [6, 6.07) is 8.57. The molecule has 0 heterocycles. The van der Waals surface area contributed by atoms with Crippen LogP contribution >= 0.6 is 11.6 Å². The molecule has 0 saturated carbocycles. The molecule has 0 aliphatic carbocycles. The molecule has 5 nitrogen and oxygen atoms in total. The summed E-state index contributed by atoms with van der Waals surface area (Å²) in [6.45, 7) is 0. The van der Waals surface area contributed by atoms with Crippen LogP contribution in [-0.4, -0.2) is 26.1 Å². The fraction of sp³-hybridized carbons (Fsp3) is 0.176. The van der Waals surface area contributed by atoms with Gasteiger partial charge in [-0.15, -0.1) is 0 Å². The minimum absolute atomic E-state index is 0.186. The van der Waals surface area contributed by atoms with E-state index in [0.717, 1.165) is 6.07 Å². The zero-order valence-electron chi connectivity index (χ0n) is 13.1. The monoisotopic (exact) mass is 351 g/mol. The first-order valence-electron chi connectivity index (χ1n) is 6.94. The van der Waals surface area contributed by atoms with Crippen molar-refractivity contribution in [1.29, 1.82) is 0 Å². The maximum atomic E-state index is 13.8. The van der Waals surface area contributed by atoms with E-state index in [1.165, 1.54) is 44.6 Å². The number of hydrogen-bond donors (Lipinski definition) is 1.